The van der Waals surface area contributed by atoms with Crippen molar-refractivity contribution in [3.8, 4) is 0 Å². The van der Waals surface area contributed by atoms with Crippen LogP contribution in [0.4, 0.5) is 0 Å². The number of hydrogen-bond acceptors (Lipinski definition) is 3. The lowest BCUT2D eigenvalue weighted by atomic mass is 10.1. The third-order valence-corrected chi connectivity index (χ3v) is 3.19. The zero-order valence-corrected chi connectivity index (χ0v) is 10.5. The molecule has 1 heterocycles. The van der Waals surface area contributed by atoms with Crippen LogP contribution in [0.25, 0.3) is 0 Å². The van der Waals surface area contributed by atoms with Gasteiger partial charge in [-0.2, -0.15) is 0 Å². The average Bonchev–Trinajstić information content (AvgIpc) is 2.29. The van der Waals surface area contributed by atoms with Crippen molar-refractivity contribution in [1.82, 2.24) is 10.2 Å². The van der Waals surface area contributed by atoms with Gasteiger partial charge in [-0.1, -0.05) is 6.92 Å². The topological polar surface area (TPSA) is 24.5 Å². The van der Waals surface area contributed by atoms with Crippen LogP contribution in [-0.4, -0.2) is 50.3 Å². The van der Waals surface area contributed by atoms with Gasteiger partial charge in [-0.25, -0.2) is 0 Å². The van der Waals surface area contributed by atoms with Gasteiger partial charge in [-0.15, -0.1) is 0 Å². The zero-order chi connectivity index (χ0) is 11.1. The normalized spacial score (nSPS) is 24.4. The summed E-state index contributed by atoms with van der Waals surface area (Å²) >= 11 is 0. The van der Waals surface area contributed by atoms with Crippen molar-refractivity contribution in [2.24, 2.45) is 0 Å². The highest BCUT2D eigenvalue weighted by Crippen LogP contribution is 2.12. The van der Waals surface area contributed by atoms with E-state index >= 15 is 0 Å². The molecule has 0 aliphatic carbocycles. The Kier molecular flexibility index (Phi) is 6.22. The number of ether oxygens (including phenoxy) is 1. The molecule has 0 aromatic heterocycles. The number of nitrogens with zero attached hydrogens (tertiary/aromatic N) is 1. The van der Waals surface area contributed by atoms with Crippen LogP contribution >= 0.6 is 0 Å². The fraction of sp³-hybridized carbons (Fsp3) is 1.00. The van der Waals surface area contributed by atoms with Crippen LogP contribution in [0, 0.1) is 0 Å². The predicted octanol–water partition coefficient (Wildman–Crippen LogP) is 1.49. The van der Waals surface area contributed by atoms with Gasteiger partial charge in [0, 0.05) is 26.2 Å². The summed E-state index contributed by atoms with van der Waals surface area (Å²) in [6, 6.07) is 0.719. The van der Waals surface area contributed by atoms with E-state index in [1.54, 1.807) is 7.11 Å². The van der Waals surface area contributed by atoms with Gasteiger partial charge in [-0.05, 0) is 39.3 Å². The van der Waals surface area contributed by atoms with E-state index in [4.69, 9.17) is 4.74 Å². The van der Waals surface area contributed by atoms with E-state index in [9.17, 15) is 0 Å². The molecule has 1 N–H and O–H groups in total. The van der Waals surface area contributed by atoms with Crippen molar-refractivity contribution in [3.05, 3.63) is 0 Å². The second-order valence-electron chi connectivity index (χ2n) is 4.54. The van der Waals surface area contributed by atoms with E-state index < -0.39 is 0 Å². The van der Waals surface area contributed by atoms with Gasteiger partial charge in [0.25, 0.3) is 0 Å². The number of rotatable bonds is 6. The van der Waals surface area contributed by atoms with Gasteiger partial charge in [0.1, 0.15) is 0 Å². The molecule has 0 aromatic carbocycles. The monoisotopic (exact) mass is 214 g/mol. The van der Waals surface area contributed by atoms with Crippen molar-refractivity contribution in [3.63, 3.8) is 0 Å². The Labute approximate surface area is 94.2 Å². The zero-order valence-electron chi connectivity index (χ0n) is 10.5. The van der Waals surface area contributed by atoms with E-state index in [1.165, 1.54) is 32.4 Å². The van der Waals surface area contributed by atoms with Crippen molar-refractivity contribution in [2.45, 2.75) is 45.3 Å². The molecular weight excluding hydrogens is 188 g/mol. The lowest BCUT2D eigenvalue weighted by Crippen LogP contribution is -2.48. The maximum Gasteiger partial charge on any atom is 0.0670 e. The van der Waals surface area contributed by atoms with E-state index in [2.05, 4.69) is 24.1 Å². The van der Waals surface area contributed by atoms with Crippen LogP contribution in [0.2, 0.25) is 0 Å². The van der Waals surface area contributed by atoms with Crippen LogP contribution in [-0.2, 0) is 4.74 Å². The lowest BCUT2D eigenvalue weighted by molar-refractivity contribution is 0.0537. The smallest absolute Gasteiger partial charge is 0.0670 e. The molecule has 0 spiro atoms. The molecule has 0 saturated carbocycles. The summed E-state index contributed by atoms with van der Waals surface area (Å²) in [7, 11) is 1.80. The Morgan fingerprint density at radius 1 is 1.53 bits per heavy atom. The highest BCUT2D eigenvalue weighted by molar-refractivity contribution is 4.79. The van der Waals surface area contributed by atoms with Gasteiger partial charge in [0.2, 0.25) is 0 Å². The summed E-state index contributed by atoms with van der Waals surface area (Å²) in [5, 5.41) is 3.48. The molecule has 0 aromatic rings. The minimum Gasteiger partial charge on any atom is -0.380 e. The molecule has 90 valence electrons. The molecule has 2 unspecified atom stereocenters. The summed E-state index contributed by atoms with van der Waals surface area (Å²) < 4.78 is 5.36. The highest BCUT2D eigenvalue weighted by atomic mass is 16.5. The summed E-state index contributed by atoms with van der Waals surface area (Å²) in [6.45, 7) is 9.00. The van der Waals surface area contributed by atoms with E-state index in [-0.39, 0.29) is 0 Å². The molecule has 3 nitrogen and oxygen atoms in total. The number of piperidine rings is 1. The van der Waals surface area contributed by atoms with Crippen molar-refractivity contribution >= 4 is 0 Å². The van der Waals surface area contributed by atoms with Crippen LogP contribution in [0.3, 0.4) is 0 Å². The minimum atomic E-state index is 0.346. The maximum atomic E-state index is 5.36. The Balaban J connectivity index is 2.39. The second kappa shape index (κ2) is 7.20. The van der Waals surface area contributed by atoms with Gasteiger partial charge in [0.15, 0.2) is 0 Å². The first-order chi connectivity index (χ1) is 7.27. The van der Waals surface area contributed by atoms with Crippen molar-refractivity contribution in [2.75, 3.05) is 33.3 Å². The van der Waals surface area contributed by atoms with E-state index in [0.29, 0.717) is 6.10 Å². The van der Waals surface area contributed by atoms with Crippen LogP contribution in [0.15, 0.2) is 0 Å². The van der Waals surface area contributed by atoms with Gasteiger partial charge in [-0.3, -0.25) is 4.90 Å². The first kappa shape index (κ1) is 12.9. The SMILES string of the molecule is CCCN(CC(C)OC)C1CCCNC1. The molecule has 3 heteroatoms. The Morgan fingerprint density at radius 3 is 2.87 bits per heavy atom. The minimum absolute atomic E-state index is 0.346. The molecule has 15 heavy (non-hydrogen) atoms. The van der Waals surface area contributed by atoms with Crippen LogP contribution in [0.1, 0.15) is 33.1 Å². The first-order valence-electron chi connectivity index (χ1n) is 6.25. The summed E-state index contributed by atoms with van der Waals surface area (Å²) in [5.74, 6) is 0. The fourth-order valence-electron chi connectivity index (χ4n) is 2.26. The van der Waals surface area contributed by atoms with Crippen molar-refractivity contribution in [1.29, 1.82) is 0 Å². The molecule has 1 aliphatic rings. The van der Waals surface area contributed by atoms with E-state index in [1.807, 2.05) is 0 Å². The predicted molar refractivity (Wildman–Crippen MR) is 64.2 cm³/mol. The lowest BCUT2D eigenvalue weighted by Gasteiger charge is -2.35. The third kappa shape index (κ3) is 4.49. The van der Waals surface area contributed by atoms with Crippen LogP contribution in [0.5, 0.6) is 0 Å². The van der Waals surface area contributed by atoms with Gasteiger partial charge >= 0.3 is 0 Å². The largest absolute Gasteiger partial charge is 0.380 e. The van der Waals surface area contributed by atoms with E-state index in [0.717, 1.165) is 19.1 Å². The molecule has 1 rings (SSSR count). The maximum absolute atomic E-state index is 5.36. The summed E-state index contributed by atoms with van der Waals surface area (Å²) in [4.78, 5) is 2.58. The molecule has 2 atom stereocenters. The molecule has 0 radical (unpaired) electrons. The Hall–Kier alpha value is -0.120. The van der Waals surface area contributed by atoms with Gasteiger partial charge < -0.3 is 10.1 Å². The average molecular weight is 214 g/mol. The molecule has 0 bridgehead atoms. The molecule has 0 amide bonds. The highest BCUT2D eigenvalue weighted by Gasteiger charge is 2.21. The van der Waals surface area contributed by atoms with Crippen molar-refractivity contribution < 1.29 is 4.74 Å². The fourth-order valence-corrected chi connectivity index (χ4v) is 2.26. The number of methoxy groups -OCH3 is 1. The third-order valence-electron chi connectivity index (χ3n) is 3.19. The molecule has 1 fully saturated rings. The quantitative estimate of drug-likeness (QED) is 0.725. The number of nitrogens with one attached hydrogen (secondary N) is 1. The second-order valence-corrected chi connectivity index (χ2v) is 4.54. The Morgan fingerprint density at radius 2 is 2.33 bits per heavy atom. The molecule has 1 aliphatic heterocycles. The standard InChI is InChI=1S/C12H26N2O/c1-4-8-14(10-11(2)15-3)12-6-5-7-13-9-12/h11-13H,4-10H2,1-3H3. The van der Waals surface area contributed by atoms with Crippen LogP contribution < -0.4 is 5.32 Å². The first-order valence-corrected chi connectivity index (χ1v) is 6.25. The Bertz CT molecular complexity index is 158. The molecule has 1 saturated heterocycles. The summed E-state index contributed by atoms with van der Waals surface area (Å²) in [5.41, 5.74) is 0. The molecular formula is C12H26N2O. The van der Waals surface area contributed by atoms with Gasteiger partial charge in [0.05, 0.1) is 6.10 Å². The summed E-state index contributed by atoms with van der Waals surface area (Å²) in [6.07, 6.45) is 4.22. The number of hydrogen-bond donors (Lipinski definition) is 1.